The largest absolute Gasteiger partial charge is 0.368 e. The first-order valence-electron chi connectivity index (χ1n) is 8.91. The Kier molecular flexibility index (Phi) is 5.38. The van der Waals surface area contributed by atoms with E-state index in [4.69, 9.17) is 23.2 Å². The van der Waals surface area contributed by atoms with Crippen LogP contribution in [0.25, 0.3) is 10.8 Å². The lowest BCUT2D eigenvalue weighted by molar-refractivity contribution is 0.590. The molecule has 0 aliphatic carbocycles. The Bertz CT molecular complexity index is 1130. The lowest BCUT2D eigenvalue weighted by Crippen LogP contribution is -2.43. The van der Waals surface area contributed by atoms with Gasteiger partial charge in [-0.3, -0.25) is 4.72 Å². The number of rotatable bonds is 4. The highest BCUT2D eigenvalue weighted by molar-refractivity contribution is 7.92. The second-order valence-corrected chi connectivity index (χ2v) is 9.09. The number of piperazine rings is 1. The Morgan fingerprint density at radius 3 is 2.39 bits per heavy atom. The predicted molar refractivity (Wildman–Crippen MR) is 116 cm³/mol. The van der Waals surface area contributed by atoms with Crippen molar-refractivity contribution in [2.24, 2.45) is 0 Å². The summed E-state index contributed by atoms with van der Waals surface area (Å²) in [5.41, 5.74) is 1.60. The summed E-state index contributed by atoms with van der Waals surface area (Å²) in [6.07, 6.45) is 0. The van der Waals surface area contributed by atoms with Gasteiger partial charge in [-0.1, -0.05) is 47.5 Å². The Balaban J connectivity index is 1.76. The first-order valence-corrected chi connectivity index (χ1v) is 11.1. The van der Waals surface area contributed by atoms with E-state index in [-0.39, 0.29) is 9.92 Å². The number of hydrogen-bond donors (Lipinski definition) is 2. The number of nitrogens with one attached hydrogen (secondary N) is 2. The van der Waals surface area contributed by atoms with Crippen molar-refractivity contribution in [3.05, 3.63) is 64.6 Å². The van der Waals surface area contributed by atoms with Crippen molar-refractivity contribution in [2.45, 2.75) is 4.90 Å². The Labute approximate surface area is 174 Å². The minimum Gasteiger partial charge on any atom is -0.368 e. The molecular formula is C20H19Cl2N3O2S. The van der Waals surface area contributed by atoms with Gasteiger partial charge in [0.25, 0.3) is 10.0 Å². The van der Waals surface area contributed by atoms with Gasteiger partial charge in [-0.25, -0.2) is 8.42 Å². The molecule has 1 aliphatic heterocycles. The van der Waals surface area contributed by atoms with E-state index >= 15 is 0 Å². The van der Waals surface area contributed by atoms with Crippen molar-refractivity contribution < 1.29 is 8.42 Å². The molecule has 1 aliphatic rings. The molecule has 0 bridgehead atoms. The zero-order valence-corrected chi connectivity index (χ0v) is 17.3. The summed E-state index contributed by atoms with van der Waals surface area (Å²) in [6.45, 7) is 3.67. The van der Waals surface area contributed by atoms with E-state index in [1.807, 2.05) is 30.3 Å². The highest BCUT2D eigenvalue weighted by Crippen LogP contribution is 2.34. The number of hydrogen-bond acceptors (Lipinski definition) is 4. The number of halogens is 2. The van der Waals surface area contributed by atoms with Gasteiger partial charge in [-0.15, -0.1) is 0 Å². The Morgan fingerprint density at radius 2 is 1.64 bits per heavy atom. The third kappa shape index (κ3) is 3.78. The van der Waals surface area contributed by atoms with E-state index in [0.29, 0.717) is 10.7 Å². The average Bonchev–Trinajstić information content (AvgIpc) is 2.70. The van der Waals surface area contributed by atoms with Gasteiger partial charge in [-0.2, -0.15) is 0 Å². The van der Waals surface area contributed by atoms with Crippen LogP contribution in [0.5, 0.6) is 0 Å². The van der Waals surface area contributed by atoms with E-state index in [2.05, 4.69) is 14.9 Å². The van der Waals surface area contributed by atoms with Crippen molar-refractivity contribution in [3.8, 4) is 0 Å². The van der Waals surface area contributed by atoms with Crippen LogP contribution in [-0.2, 0) is 10.0 Å². The van der Waals surface area contributed by atoms with Crippen LogP contribution in [0, 0.1) is 0 Å². The lowest BCUT2D eigenvalue weighted by atomic mass is 10.1. The topological polar surface area (TPSA) is 61.4 Å². The molecule has 0 spiro atoms. The van der Waals surface area contributed by atoms with Gasteiger partial charge in [0.15, 0.2) is 0 Å². The summed E-state index contributed by atoms with van der Waals surface area (Å²) in [7, 11) is -3.89. The number of nitrogens with zero attached hydrogens (tertiary/aromatic N) is 1. The molecule has 0 aromatic heterocycles. The molecule has 3 aromatic carbocycles. The molecule has 146 valence electrons. The standard InChI is InChI=1S/C20H19Cl2N3O2S/c21-14-5-6-17(22)20(13-14)28(26,27)24-18-7-8-19(25-11-9-23-10-12-25)16-4-2-1-3-15(16)18/h1-8,13,23-24H,9-12H2. The molecule has 5 nitrogen and oxygen atoms in total. The highest BCUT2D eigenvalue weighted by Gasteiger charge is 2.21. The van der Waals surface area contributed by atoms with Gasteiger partial charge in [0.05, 0.1) is 10.7 Å². The van der Waals surface area contributed by atoms with E-state index < -0.39 is 10.0 Å². The van der Waals surface area contributed by atoms with Gasteiger partial charge in [0.1, 0.15) is 4.90 Å². The van der Waals surface area contributed by atoms with Crippen molar-refractivity contribution in [1.82, 2.24) is 5.32 Å². The molecule has 3 aromatic rings. The molecule has 0 saturated carbocycles. The summed E-state index contributed by atoms with van der Waals surface area (Å²) in [4.78, 5) is 2.27. The Hall–Kier alpha value is -1.99. The molecule has 0 atom stereocenters. The third-order valence-corrected chi connectivity index (χ3v) is 6.87. The third-order valence-electron chi connectivity index (χ3n) is 4.79. The van der Waals surface area contributed by atoms with Crippen LogP contribution in [-0.4, -0.2) is 34.6 Å². The van der Waals surface area contributed by atoms with E-state index in [1.54, 1.807) is 12.1 Å². The first kappa shape index (κ1) is 19.3. The molecule has 1 fully saturated rings. The zero-order chi connectivity index (χ0) is 19.7. The van der Waals surface area contributed by atoms with Crippen LogP contribution in [0.2, 0.25) is 10.0 Å². The lowest BCUT2D eigenvalue weighted by Gasteiger charge is -2.30. The van der Waals surface area contributed by atoms with E-state index in [0.717, 1.165) is 42.6 Å². The number of anilines is 2. The molecule has 0 unspecified atom stereocenters. The molecule has 2 N–H and O–H groups in total. The molecule has 1 saturated heterocycles. The quantitative estimate of drug-likeness (QED) is 0.638. The second kappa shape index (κ2) is 7.79. The fourth-order valence-electron chi connectivity index (χ4n) is 3.44. The minimum atomic E-state index is -3.89. The van der Waals surface area contributed by atoms with Gasteiger partial charge in [-0.05, 0) is 30.3 Å². The molecular weight excluding hydrogens is 417 g/mol. The Morgan fingerprint density at radius 1 is 0.929 bits per heavy atom. The van der Waals surface area contributed by atoms with Crippen LogP contribution in [0.1, 0.15) is 0 Å². The normalized spacial score (nSPS) is 15.0. The van der Waals surface area contributed by atoms with Crippen LogP contribution in [0.15, 0.2) is 59.5 Å². The van der Waals surface area contributed by atoms with Crippen molar-refractivity contribution in [3.63, 3.8) is 0 Å². The molecule has 0 radical (unpaired) electrons. The molecule has 1 heterocycles. The van der Waals surface area contributed by atoms with Crippen LogP contribution in [0.4, 0.5) is 11.4 Å². The SMILES string of the molecule is O=S(=O)(Nc1ccc(N2CCNCC2)c2ccccc12)c1cc(Cl)ccc1Cl. The van der Waals surface area contributed by atoms with Gasteiger partial charge >= 0.3 is 0 Å². The minimum absolute atomic E-state index is 0.0445. The monoisotopic (exact) mass is 435 g/mol. The number of sulfonamides is 1. The summed E-state index contributed by atoms with van der Waals surface area (Å²) >= 11 is 12.1. The summed E-state index contributed by atoms with van der Waals surface area (Å²) < 4.78 is 28.5. The maximum absolute atomic E-state index is 12.9. The van der Waals surface area contributed by atoms with E-state index in [9.17, 15) is 8.42 Å². The van der Waals surface area contributed by atoms with Crippen LogP contribution >= 0.6 is 23.2 Å². The van der Waals surface area contributed by atoms with Gasteiger partial charge in [0.2, 0.25) is 0 Å². The summed E-state index contributed by atoms with van der Waals surface area (Å²) in [5, 5.41) is 5.61. The van der Waals surface area contributed by atoms with Crippen molar-refractivity contribution in [1.29, 1.82) is 0 Å². The fourth-order valence-corrected chi connectivity index (χ4v) is 5.28. The van der Waals surface area contributed by atoms with Gasteiger partial charge in [0, 0.05) is 47.7 Å². The summed E-state index contributed by atoms with van der Waals surface area (Å²) in [5.74, 6) is 0. The fraction of sp³-hybridized carbons (Fsp3) is 0.200. The average molecular weight is 436 g/mol. The van der Waals surface area contributed by atoms with Crippen molar-refractivity contribution in [2.75, 3.05) is 35.8 Å². The van der Waals surface area contributed by atoms with Crippen LogP contribution in [0.3, 0.4) is 0 Å². The maximum Gasteiger partial charge on any atom is 0.263 e. The van der Waals surface area contributed by atoms with Crippen LogP contribution < -0.4 is 14.9 Å². The molecule has 8 heteroatoms. The van der Waals surface area contributed by atoms with Crippen molar-refractivity contribution >= 4 is 55.4 Å². The smallest absolute Gasteiger partial charge is 0.263 e. The number of benzene rings is 3. The predicted octanol–water partition coefficient (Wildman–Crippen LogP) is 4.36. The first-order chi connectivity index (χ1) is 13.5. The second-order valence-electron chi connectivity index (χ2n) is 6.60. The zero-order valence-electron chi connectivity index (χ0n) is 15.0. The maximum atomic E-state index is 12.9. The molecule has 4 rings (SSSR count). The van der Waals surface area contributed by atoms with E-state index in [1.165, 1.54) is 12.1 Å². The van der Waals surface area contributed by atoms with Gasteiger partial charge < -0.3 is 10.2 Å². The molecule has 28 heavy (non-hydrogen) atoms. The highest BCUT2D eigenvalue weighted by atomic mass is 35.5. The molecule has 0 amide bonds. The number of fused-ring (bicyclic) bond motifs is 1. The summed E-state index contributed by atoms with van der Waals surface area (Å²) in [6, 6.07) is 15.9.